The Balaban J connectivity index is 3.25. The lowest BCUT2D eigenvalue weighted by Gasteiger charge is -2.04. The number of ether oxygens (including phenoxy) is 1. The van der Waals surface area contributed by atoms with Crippen LogP contribution in [0.2, 0.25) is 0 Å². The van der Waals surface area contributed by atoms with Gasteiger partial charge in [-0.2, -0.15) is 0 Å². The Labute approximate surface area is 48.0 Å². The van der Waals surface area contributed by atoms with Gasteiger partial charge in [0.1, 0.15) is 0 Å². The van der Waals surface area contributed by atoms with Crippen LogP contribution in [0.3, 0.4) is 0 Å². The van der Waals surface area contributed by atoms with Gasteiger partial charge in [-0.3, -0.25) is 0 Å². The van der Waals surface area contributed by atoms with Crippen molar-refractivity contribution in [3.05, 3.63) is 0 Å². The van der Waals surface area contributed by atoms with E-state index in [0.717, 1.165) is 0 Å². The molecule has 0 saturated carbocycles. The van der Waals surface area contributed by atoms with Crippen molar-refractivity contribution < 1.29 is 9.53 Å². The van der Waals surface area contributed by atoms with E-state index in [1.165, 1.54) is 0 Å². The van der Waals surface area contributed by atoms with Crippen molar-refractivity contribution in [1.82, 2.24) is 11.3 Å². The summed E-state index contributed by atoms with van der Waals surface area (Å²) < 4.78 is 4.46. The number of rotatable bonds is 1. The van der Waals surface area contributed by atoms with E-state index in [9.17, 15) is 4.79 Å². The molecule has 0 aromatic rings. The van der Waals surface area contributed by atoms with Gasteiger partial charge in [-0.05, 0) is 13.8 Å². The van der Waals surface area contributed by atoms with E-state index in [4.69, 9.17) is 5.84 Å². The average molecular weight is 117 g/mol. The first kappa shape index (κ1) is 7.23. The van der Waals surface area contributed by atoms with Crippen LogP contribution in [0.1, 0.15) is 13.8 Å². The van der Waals surface area contributed by atoms with Crippen LogP contribution in [-0.4, -0.2) is 12.2 Å². The molecule has 1 radical (unpaired) electrons. The van der Waals surface area contributed by atoms with Crippen LogP contribution in [0.25, 0.3) is 0 Å². The Morgan fingerprint density at radius 2 is 2.25 bits per heavy atom. The van der Waals surface area contributed by atoms with E-state index >= 15 is 0 Å². The van der Waals surface area contributed by atoms with Gasteiger partial charge in [-0.1, -0.05) is 0 Å². The number of amides is 1. The summed E-state index contributed by atoms with van der Waals surface area (Å²) in [6, 6.07) is 0. The molecule has 0 saturated heterocycles. The van der Waals surface area contributed by atoms with Gasteiger partial charge in [0.05, 0.1) is 6.10 Å². The van der Waals surface area contributed by atoms with Crippen molar-refractivity contribution in [2.24, 2.45) is 0 Å². The monoisotopic (exact) mass is 117 g/mol. The van der Waals surface area contributed by atoms with Crippen molar-refractivity contribution in [3.8, 4) is 0 Å². The van der Waals surface area contributed by atoms with Gasteiger partial charge < -0.3 is 4.74 Å². The molecule has 0 heterocycles. The maximum Gasteiger partial charge on any atom is 0.423 e. The minimum Gasteiger partial charge on any atom is -0.446 e. The van der Waals surface area contributed by atoms with Gasteiger partial charge >= 0.3 is 6.09 Å². The SMILES string of the molecule is CC(C)OC(=O)N[NH]. The molecule has 8 heavy (non-hydrogen) atoms. The van der Waals surface area contributed by atoms with E-state index in [1.54, 1.807) is 19.3 Å². The average Bonchev–Trinajstić information content (AvgIpc) is 1.65. The van der Waals surface area contributed by atoms with Crippen molar-refractivity contribution in [2.45, 2.75) is 20.0 Å². The minimum atomic E-state index is -0.708. The lowest BCUT2D eigenvalue weighted by atomic mass is 10.5. The molecule has 0 bridgehead atoms. The maximum atomic E-state index is 10.1. The molecule has 47 valence electrons. The van der Waals surface area contributed by atoms with Crippen LogP contribution in [-0.2, 0) is 4.74 Å². The molecular formula is C4H9N2O2. The normalized spacial score (nSPS) is 9.00. The van der Waals surface area contributed by atoms with Crippen LogP contribution >= 0.6 is 0 Å². The Morgan fingerprint density at radius 1 is 1.75 bits per heavy atom. The van der Waals surface area contributed by atoms with Crippen LogP contribution in [0.15, 0.2) is 0 Å². The van der Waals surface area contributed by atoms with Crippen LogP contribution in [0.5, 0.6) is 0 Å². The summed E-state index contributed by atoms with van der Waals surface area (Å²) in [5.41, 5.74) is 1.59. The molecule has 1 amide bonds. The second-order valence-electron chi connectivity index (χ2n) is 1.58. The zero-order chi connectivity index (χ0) is 6.57. The van der Waals surface area contributed by atoms with E-state index in [1.807, 2.05) is 0 Å². The Hall–Kier alpha value is -0.770. The van der Waals surface area contributed by atoms with E-state index < -0.39 is 6.09 Å². The summed E-state index contributed by atoms with van der Waals surface area (Å²) in [6.45, 7) is 3.44. The van der Waals surface area contributed by atoms with Gasteiger partial charge in [0.15, 0.2) is 0 Å². The maximum absolute atomic E-state index is 10.1. The molecule has 0 aliphatic carbocycles. The van der Waals surface area contributed by atoms with Crippen molar-refractivity contribution in [3.63, 3.8) is 0 Å². The third-order valence-electron chi connectivity index (χ3n) is 0.445. The first-order valence-electron chi connectivity index (χ1n) is 2.30. The number of hydrogen-bond acceptors (Lipinski definition) is 2. The summed E-state index contributed by atoms with van der Waals surface area (Å²) in [5.74, 6) is 6.28. The standard InChI is InChI=1S/C4H9N2O2/c1-3(2)8-4(7)6-5/h3,5H,1-2H3,(H,6,7). The highest BCUT2D eigenvalue weighted by Gasteiger charge is 1.99. The summed E-state index contributed by atoms with van der Waals surface area (Å²) >= 11 is 0. The molecule has 0 rings (SSSR count). The fourth-order valence-electron chi connectivity index (χ4n) is 0.244. The number of hydrogen-bond donors (Lipinski definition) is 1. The fraction of sp³-hybridized carbons (Fsp3) is 0.750. The fourth-order valence-corrected chi connectivity index (χ4v) is 0.244. The summed E-state index contributed by atoms with van der Waals surface area (Å²) in [7, 11) is 0. The molecule has 0 fully saturated rings. The molecule has 0 spiro atoms. The van der Waals surface area contributed by atoms with Crippen LogP contribution < -0.4 is 11.3 Å². The Kier molecular flexibility index (Phi) is 2.95. The first-order chi connectivity index (χ1) is 3.66. The van der Waals surface area contributed by atoms with E-state index in [-0.39, 0.29) is 6.10 Å². The topological polar surface area (TPSA) is 62.1 Å². The zero-order valence-electron chi connectivity index (χ0n) is 4.89. The smallest absolute Gasteiger partial charge is 0.423 e. The second-order valence-corrected chi connectivity index (χ2v) is 1.58. The van der Waals surface area contributed by atoms with Gasteiger partial charge in [0.25, 0.3) is 0 Å². The van der Waals surface area contributed by atoms with E-state index in [0.29, 0.717) is 0 Å². The minimum absolute atomic E-state index is 0.152. The lowest BCUT2D eigenvalue weighted by Crippen LogP contribution is -2.24. The van der Waals surface area contributed by atoms with Gasteiger partial charge in [0.2, 0.25) is 0 Å². The van der Waals surface area contributed by atoms with Crippen molar-refractivity contribution in [2.75, 3.05) is 0 Å². The molecule has 2 N–H and O–H groups in total. The van der Waals surface area contributed by atoms with Gasteiger partial charge in [-0.15, -0.1) is 5.84 Å². The summed E-state index contributed by atoms with van der Waals surface area (Å²) in [4.78, 5) is 10.1. The third-order valence-corrected chi connectivity index (χ3v) is 0.445. The molecule has 0 aliphatic rings. The first-order valence-corrected chi connectivity index (χ1v) is 2.30. The predicted octanol–water partition coefficient (Wildman–Crippen LogP) is 0.319. The zero-order valence-corrected chi connectivity index (χ0v) is 4.89. The Morgan fingerprint density at radius 3 is 2.38 bits per heavy atom. The Bertz CT molecular complexity index is 82.1. The quantitative estimate of drug-likeness (QED) is 0.502. The number of carbonyl (C=O) groups is 1. The van der Waals surface area contributed by atoms with E-state index in [2.05, 4.69) is 4.74 Å². The van der Waals surface area contributed by atoms with Crippen LogP contribution in [0.4, 0.5) is 4.79 Å². The highest BCUT2D eigenvalue weighted by atomic mass is 16.6. The lowest BCUT2D eigenvalue weighted by molar-refractivity contribution is 0.115. The second kappa shape index (κ2) is 3.26. The molecule has 0 aromatic carbocycles. The summed E-state index contributed by atoms with van der Waals surface area (Å²) in [5, 5.41) is 0. The largest absolute Gasteiger partial charge is 0.446 e. The third kappa shape index (κ3) is 3.42. The van der Waals surface area contributed by atoms with Crippen LogP contribution in [0, 0.1) is 0 Å². The molecular weight excluding hydrogens is 108 g/mol. The highest BCUT2D eigenvalue weighted by molar-refractivity contribution is 5.66. The molecule has 0 aliphatic heterocycles. The highest BCUT2D eigenvalue weighted by Crippen LogP contribution is 1.85. The number of nitrogens with one attached hydrogen (secondary N) is 2. The molecule has 0 aromatic heterocycles. The summed E-state index contributed by atoms with van der Waals surface area (Å²) in [6.07, 6.45) is -0.861. The molecule has 4 nitrogen and oxygen atoms in total. The van der Waals surface area contributed by atoms with Gasteiger partial charge in [0, 0.05) is 0 Å². The molecule has 0 unspecified atom stereocenters. The van der Waals surface area contributed by atoms with Crippen molar-refractivity contribution >= 4 is 6.09 Å². The predicted molar refractivity (Wildman–Crippen MR) is 27.8 cm³/mol. The van der Waals surface area contributed by atoms with Gasteiger partial charge in [-0.25, -0.2) is 10.2 Å². The molecule has 0 atom stereocenters. The number of carbonyl (C=O) groups excluding carboxylic acids is 1. The van der Waals surface area contributed by atoms with Crippen molar-refractivity contribution in [1.29, 1.82) is 0 Å². The molecule has 4 heteroatoms.